The van der Waals surface area contributed by atoms with E-state index in [9.17, 15) is 0 Å². The van der Waals surface area contributed by atoms with Gasteiger partial charge >= 0.3 is 0 Å². The average molecular weight is 189 g/mol. The van der Waals surface area contributed by atoms with Crippen molar-refractivity contribution in [3.05, 3.63) is 35.4 Å². The van der Waals surface area contributed by atoms with Crippen LogP contribution in [0.1, 0.15) is 30.9 Å². The van der Waals surface area contributed by atoms with Crippen molar-refractivity contribution in [2.24, 2.45) is 0 Å². The Morgan fingerprint density at radius 3 is 2.86 bits per heavy atom. The molecule has 0 saturated heterocycles. The smallest absolute Gasteiger partial charge is 0.00809 e. The van der Waals surface area contributed by atoms with Crippen LogP contribution in [0.25, 0.3) is 0 Å². The third-order valence-corrected chi connectivity index (χ3v) is 3.65. The van der Waals surface area contributed by atoms with E-state index in [-0.39, 0.29) is 0 Å². The van der Waals surface area contributed by atoms with Crippen LogP contribution < -0.4 is 5.32 Å². The Labute approximate surface area is 86.5 Å². The Balaban J connectivity index is 2.39. The van der Waals surface area contributed by atoms with E-state index in [4.69, 9.17) is 0 Å². The van der Waals surface area contributed by atoms with Gasteiger partial charge in [-0.2, -0.15) is 0 Å². The molecule has 1 unspecified atom stereocenters. The fourth-order valence-corrected chi connectivity index (χ4v) is 2.78. The highest BCUT2D eigenvalue weighted by molar-refractivity contribution is 5.39. The normalized spacial score (nSPS) is 25.0. The highest BCUT2D eigenvalue weighted by Crippen LogP contribution is 2.40. The summed E-state index contributed by atoms with van der Waals surface area (Å²) in [5.74, 6) is 0. The van der Waals surface area contributed by atoms with Crippen LogP contribution in [-0.4, -0.2) is 13.6 Å². The molecule has 0 bridgehead atoms. The second-order valence-corrected chi connectivity index (χ2v) is 4.32. The molecule has 1 aromatic carbocycles. The number of rotatable bonds is 3. The number of fused-ring (bicyclic) bond motifs is 1. The van der Waals surface area contributed by atoms with Gasteiger partial charge in [-0.3, -0.25) is 0 Å². The van der Waals surface area contributed by atoms with Crippen molar-refractivity contribution >= 4 is 0 Å². The van der Waals surface area contributed by atoms with Crippen molar-refractivity contribution in [2.75, 3.05) is 13.6 Å². The van der Waals surface area contributed by atoms with E-state index in [0.717, 1.165) is 6.54 Å². The van der Waals surface area contributed by atoms with Gasteiger partial charge in [-0.25, -0.2) is 0 Å². The lowest BCUT2D eigenvalue weighted by Gasteiger charge is -2.28. The van der Waals surface area contributed by atoms with E-state index in [2.05, 4.69) is 43.6 Å². The van der Waals surface area contributed by atoms with Crippen LogP contribution in [0.3, 0.4) is 0 Å². The number of aryl methyl sites for hydroxylation is 1. The molecule has 0 spiro atoms. The predicted molar refractivity (Wildman–Crippen MR) is 60.7 cm³/mol. The Kier molecular flexibility index (Phi) is 2.60. The number of hydrogen-bond donors (Lipinski definition) is 1. The molecule has 0 aromatic heterocycles. The molecule has 1 aliphatic rings. The van der Waals surface area contributed by atoms with Crippen molar-refractivity contribution in [1.29, 1.82) is 0 Å². The van der Waals surface area contributed by atoms with E-state index in [1.165, 1.54) is 19.3 Å². The van der Waals surface area contributed by atoms with E-state index >= 15 is 0 Å². The van der Waals surface area contributed by atoms with Gasteiger partial charge in [0.05, 0.1) is 0 Å². The summed E-state index contributed by atoms with van der Waals surface area (Å²) in [7, 11) is 2.05. The summed E-state index contributed by atoms with van der Waals surface area (Å²) in [4.78, 5) is 0. The molecule has 0 radical (unpaired) electrons. The van der Waals surface area contributed by atoms with Gasteiger partial charge in [0.15, 0.2) is 0 Å². The first kappa shape index (κ1) is 9.72. The molecule has 0 fully saturated rings. The first-order valence-corrected chi connectivity index (χ1v) is 5.55. The molecule has 76 valence electrons. The highest BCUT2D eigenvalue weighted by atomic mass is 14.8. The van der Waals surface area contributed by atoms with Crippen LogP contribution in [-0.2, 0) is 11.8 Å². The van der Waals surface area contributed by atoms with E-state index in [0.29, 0.717) is 5.41 Å². The van der Waals surface area contributed by atoms with Crippen LogP contribution in [0.15, 0.2) is 24.3 Å². The van der Waals surface area contributed by atoms with Gasteiger partial charge < -0.3 is 5.32 Å². The van der Waals surface area contributed by atoms with Gasteiger partial charge in [-0.1, -0.05) is 31.2 Å². The Morgan fingerprint density at radius 1 is 1.36 bits per heavy atom. The maximum absolute atomic E-state index is 3.34. The molecule has 1 atom stereocenters. The van der Waals surface area contributed by atoms with Crippen LogP contribution in [0.2, 0.25) is 0 Å². The first-order chi connectivity index (χ1) is 6.82. The highest BCUT2D eigenvalue weighted by Gasteiger charge is 2.35. The lowest BCUT2D eigenvalue weighted by Crippen LogP contribution is -2.34. The molecule has 0 saturated carbocycles. The molecule has 1 aliphatic carbocycles. The summed E-state index contributed by atoms with van der Waals surface area (Å²) in [6, 6.07) is 8.92. The van der Waals surface area contributed by atoms with Crippen molar-refractivity contribution in [3.63, 3.8) is 0 Å². The molecule has 1 N–H and O–H groups in total. The lowest BCUT2D eigenvalue weighted by atomic mass is 9.79. The molecular weight excluding hydrogens is 170 g/mol. The number of likely N-dealkylation sites (N-methyl/N-ethyl adjacent to an activating group) is 1. The zero-order valence-corrected chi connectivity index (χ0v) is 9.14. The molecular formula is C13H19N. The Hall–Kier alpha value is -0.820. The number of hydrogen-bond acceptors (Lipinski definition) is 1. The maximum Gasteiger partial charge on any atom is 0.00809 e. The summed E-state index contributed by atoms with van der Waals surface area (Å²) >= 11 is 0. The van der Waals surface area contributed by atoms with Crippen molar-refractivity contribution in [3.8, 4) is 0 Å². The third kappa shape index (κ3) is 1.36. The lowest BCUT2D eigenvalue weighted by molar-refractivity contribution is 0.392. The summed E-state index contributed by atoms with van der Waals surface area (Å²) in [6.07, 6.45) is 3.81. The number of nitrogens with one attached hydrogen (secondary N) is 1. The monoisotopic (exact) mass is 189 g/mol. The van der Waals surface area contributed by atoms with Crippen LogP contribution in [0, 0.1) is 0 Å². The minimum Gasteiger partial charge on any atom is -0.319 e. The fraction of sp³-hybridized carbons (Fsp3) is 0.538. The van der Waals surface area contributed by atoms with Crippen LogP contribution in [0.4, 0.5) is 0 Å². The van der Waals surface area contributed by atoms with E-state index < -0.39 is 0 Å². The SMILES string of the molecule is CCC1(CNC)CCc2ccccc21. The van der Waals surface area contributed by atoms with Crippen molar-refractivity contribution in [1.82, 2.24) is 5.32 Å². The van der Waals surface area contributed by atoms with Crippen LogP contribution >= 0.6 is 0 Å². The fourth-order valence-electron chi connectivity index (χ4n) is 2.78. The zero-order chi connectivity index (χ0) is 10.0. The quantitative estimate of drug-likeness (QED) is 0.770. The Bertz CT molecular complexity index is 315. The van der Waals surface area contributed by atoms with Gasteiger partial charge in [0.1, 0.15) is 0 Å². The second-order valence-electron chi connectivity index (χ2n) is 4.32. The molecule has 0 heterocycles. The van der Waals surface area contributed by atoms with Crippen molar-refractivity contribution in [2.45, 2.75) is 31.6 Å². The standard InChI is InChI=1S/C13H19N/c1-3-13(10-14-2)9-8-11-6-4-5-7-12(11)13/h4-7,14H,3,8-10H2,1-2H3. The Morgan fingerprint density at radius 2 is 2.14 bits per heavy atom. The second kappa shape index (κ2) is 3.74. The summed E-state index contributed by atoms with van der Waals surface area (Å²) in [5.41, 5.74) is 3.55. The maximum atomic E-state index is 3.34. The third-order valence-electron chi connectivity index (χ3n) is 3.65. The summed E-state index contributed by atoms with van der Waals surface area (Å²) in [6.45, 7) is 3.42. The molecule has 14 heavy (non-hydrogen) atoms. The topological polar surface area (TPSA) is 12.0 Å². The molecule has 2 rings (SSSR count). The molecule has 1 aromatic rings. The van der Waals surface area contributed by atoms with Gasteiger partial charge in [0.2, 0.25) is 0 Å². The molecule has 1 heteroatoms. The zero-order valence-electron chi connectivity index (χ0n) is 9.14. The van der Waals surface area contributed by atoms with Crippen LogP contribution in [0.5, 0.6) is 0 Å². The summed E-state index contributed by atoms with van der Waals surface area (Å²) in [5, 5.41) is 3.34. The van der Waals surface area contributed by atoms with Gasteiger partial charge in [-0.15, -0.1) is 0 Å². The molecule has 1 nitrogen and oxygen atoms in total. The van der Waals surface area contributed by atoms with Gasteiger partial charge in [-0.05, 0) is 37.4 Å². The average Bonchev–Trinajstić information content (AvgIpc) is 2.59. The van der Waals surface area contributed by atoms with E-state index in [1.54, 1.807) is 11.1 Å². The van der Waals surface area contributed by atoms with Crippen molar-refractivity contribution < 1.29 is 0 Å². The molecule has 0 aliphatic heterocycles. The number of benzene rings is 1. The van der Waals surface area contributed by atoms with Gasteiger partial charge in [0, 0.05) is 12.0 Å². The van der Waals surface area contributed by atoms with E-state index in [1.807, 2.05) is 0 Å². The summed E-state index contributed by atoms with van der Waals surface area (Å²) < 4.78 is 0. The predicted octanol–water partition coefficient (Wildman–Crippen LogP) is 2.50. The largest absolute Gasteiger partial charge is 0.319 e. The minimum absolute atomic E-state index is 0.408. The minimum atomic E-state index is 0.408. The molecule has 0 amide bonds. The van der Waals surface area contributed by atoms with Gasteiger partial charge in [0.25, 0.3) is 0 Å². The first-order valence-electron chi connectivity index (χ1n) is 5.55.